The van der Waals surface area contributed by atoms with Gasteiger partial charge < -0.3 is 30.0 Å². The first kappa shape index (κ1) is 29.8. The van der Waals surface area contributed by atoms with Gasteiger partial charge in [-0.2, -0.15) is 0 Å². The Morgan fingerprint density at radius 1 is 0.683 bits per heavy atom. The van der Waals surface area contributed by atoms with Gasteiger partial charge in [0.2, 0.25) is 0 Å². The third-order valence-electron chi connectivity index (χ3n) is 6.45. The lowest BCUT2D eigenvalue weighted by molar-refractivity contribution is 0.225. The van der Waals surface area contributed by atoms with Crippen LogP contribution < -0.4 is 30.0 Å². The molecule has 2 aromatic carbocycles. The van der Waals surface area contributed by atoms with Crippen molar-refractivity contribution in [1.29, 1.82) is 0 Å². The molecule has 0 unspecified atom stereocenters. The summed E-state index contributed by atoms with van der Waals surface area (Å²) in [4.78, 5) is 11.6. The first-order valence-electron chi connectivity index (χ1n) is 13.7. The van der Waals surface area contributed by atoms with Crippen LogP contribution in [0.4, 0.5) is 0 Å². The molecule has 0 amide bonds. The van der Waals surface area contributed by atoms with Crippen LogP contribution in [-0.4, -0.2) is 55.3 Å². The molecular weight excluding hydrogens is 518 g/mol. The molecule has 41 heavy (non-hydrogen) atoms. The van der Waals surface area contributed by atoms with E-state index < -0.39 is 0 Å². The highest BCUT2D eigenvalue weighted by Crippen LogP contribution is 2.34. The summed E-state index contributed by atoms with van der Waals surface area (Å²) >= 11 is 0. The number of benzene rings is 2. The summed E-state index contributed by atoms with van der Waals surface area (Å²) < 4.78 is 23.9. The third-order valence-corrected chi connectivity index (χ3v) is 6.45. The van der Waals surface area contributed by atoms with Gasteiger partial charge in [-0.3, -0.25) is 14.9 Å². The van der Waals surface area contributed by atoms with E-state index in [1.165, 1.54) is 0 Å². The zero-order valence-corrected chi connectivity index (χ0v) is 23.8. The lowest BCUT2D eigenvalue weighted by atomic mass is 10.2. The number of nitrogens with one attached hydrogen (secondary N) is 1. The predicted octanol–water partition coefficient (Wildman–Crippen LogP) is 4.20. The molecule has 0 saturated heterocycles. The minimum Gasteiger partial charge on any atom is -0.493 e. The van der Waals surface area contributed by atoms with Crippen LogP contribution in [0.1, 0.15) is 22.5 Å². The van der Waals surface area contributed by atoms with Gasteiger partial charge in [0.05, 0.1) is 14.2 Å². The van der Waals surface area contributed by atoms with Gasteiger partial charge in [0.1, 0.15) is 24.6 Å². The van der Waals surface area contributed by atoms with Crippen LogP contribution in [-0.2, 0) is 26.3 Å². The highest BCUT2D eigenvalue weighted by Gasteiger charge is 2.20. The molecule has 3 N–H and O–H groups in total. The fourth-order valence-corrected chi connectivity index (χ4v) is 4.36. The number of methoxy groups -OCH3 is 2. The highest BCUT2D eigenvalue weighted by molar-refractivity contribution is 5.44. The van der Waals surface area contributed by atoms with Crippen molar-refractivity contribution < 1.29 is 18.9 Å². The van der Waals surface area contributed by atoms with E-state index in [1.54, 1.807) is 26.6 Å². The maximum absolute atomic E-state index is 6.28. The maximum atomic E-state index is 6.28. The molecule has 0 spiro atoms. The molecule has 0 aliphatic heterocycles. The van der Waals surface area contributed by atoms with Crippen molar-refractivity contribution in [3.8, 4) is 23.0 Å². The summed E-state index contributed by atoms with van der Waals surface area (Å²) in [5.41, 5.74) is 9.37. The zero-order valence-electron chi connectivity index (χ0n) is 23.8. The van der Waals surface area contributed by atoms with Gasteiger partial charge in [0, 0.05) is 63.8 Å². The Morgan fingerprint density at radius 2 is 1.17 bits per heavy atom. The number of nitrogens with two attached hydrogens (primary N) is 1. The van der Waals surface area contributed by atoms with Crippen LogP contribution >= 0.6 is 0 Å². The summed E-state index contributed by atoms with van der Waals surface area (Å²) in [6.45, 7) is 4.58. The molecule has 0 saturated carbocycles. The highest BCUT2D eigenvalue weighted by atomic mass is 16.5. The van der Waals surface area contributed by atoms with Crippen LogP contribution in [0.2, 0.25) is 0 Å². The molecule has 0 aliphatic rings. The zero-order chi connectivity index (χ0) is 28.7. The van der Waals surface area contributed by atoms with Crippen molar-refractivity contribution in [3.05, 3.63) is 108 Å². The summed E-state index contributed by atoms with van der Waals surface area (Å²) in [5, 5.41) is 3.39. The maximum Gasteiger partial charge on any atom is 0.184 e. The number of nitrogens with zero attached hydrogens (tertiary/aromatic N) is 3. The molecule has 4 rings (SSSR count). The van der Waals surface area contributed by atoms with Gasteiger partial charge in [-0.1, -0.05) is 60.7 Å². The van der Waals surface area contributed by atoms with E-state index in [9.17, 15) is 0 Å². The van der Waals surface area contributed by atoms with Gasteiger partial charge in [-0.05, 0) is 11.1 Å². The molecule has 0 radical (unpaired) electrons. The van der Waals surface area contributed by atoms with Crippen molar-refractivity contribution in [2.24, 2.45) is 5.73 Å². The Labute approximate surface area is 242 Å². The van der Waals surface area contributed by atoms with Crippen LogP contribution in [0.3, 0.4) is 0 Å². The summed E-state index contributed by atoms with van der Waals surface area (Å²) in [6.07, 6.45) is 3.49. The fourth-order valence-electron chi connectivity index (χ4n) is 4.36. The second-order valence-corrected chi connectivity index (χ2v) is 9.38. The van der Waals surface area contributed by atoms with Gasteiger partial charge >= 0.3 is 0 Å². The van der Waals surface area contributed by atoms with E-state index in [0.717, 1.165) is 35.6 Å². The number of pyridine rings is 2. The molecule has 2 heterocycles. The Bertz CT molecular complexity index is 1230. The molecule has 216 valence electrons. The monoisotopic (exact) mass is 557 g/mol. The molecule has 9 nitrogen and oxygen atoms in total. The second kappa shape index (κ2) is 16.2. The number of aromatic nitrogens is 2. The van der Waals surface area contributed by atoms with E-state index in [1.807, 2.05) is 72.8 Å². The quantitative estimate of drug-likeness (QED) is 0.185. The van der Waals surface area contributed by atoms with Crippen LogP contribution in [0.25, 0.3) is 0 Å². The van der Waals surface area contributed by atoms with Gasteiger partial charge in [-0.25, -0.2) is 0 Å². The SMILES string of the molecule is COc1ccnc(CN(CCNCCN)Cc2nccc(OC)c2OCc2ccccc2)c1OCc1ccccc1. The Kier molecular flexibility index (Phi) is 11.8. The Morgan fingerprint density at radius 3 is 1.61 bits per heavy atom. The van der Waals surface area contributed by atoms with E-state index in [2.05, 4.69) is 10.2 Å². The summed E-state index contributed by atoms with van der Waals surface area (Å²) in [7, 11) is 3.28. The standard InChI is InChI=1S/C32H39N5O4/c1-38-29-13-16-35-27(31(29)40-23-25-9-5-3-6-10-25)21-37(20-19-34-18-15-33)22-28-32(30(39-2)14-17-36-28)41-24-26-11-7-4-8-12-26/h3-14,16-17,34H,15,18-24,33H2,1-2H3. The number of hydrogen-bond acceptors (Lipinski definition) is 9. The topological polar surface area (TPSA) is 104 Å². The normalized spacial score (nSPS) is 10.9. The Hall–Kier alpha value is -4.18. The van der Waals surface area contributed by atoms with Gasteiger partial charge in [-0.15, -0.1) is 0 Å². The number of hydrogen-bond donors (Lipinski definition) is 2. The molecule has 4 aromatic rings. The minimum atomic E-state index is 0.406. The van der Waals surface area contributed by atoms with Crippen molar-refractivity contribution in [2.45, 2.75) is 26.3 Å². The molecule has 2 aromatic heterocycles. The van der Waals surface area contributed by atoms with E-state index in [0.29, 0.717) is 62.4 Å². The van der Waals surface area contributed by atoms with Crippen molar-refractivity contribution in [2.75, 3.05) is 40.4 Å². The van der Waals surface area contributed by atoms with Gasteiger partial charge in [0.15, 0.2) is 23.0 Å². The number of rotatable bonds is 17. The van der Waals surface area contributed by atoms with E-state index in [4.69, 9.17) is 34.6 Å². The first-order chi connectivity index (χ1) is 20.2. The average molecular weight is 558 g/mol. The molecule has 0 bridgehead atoms. The summed E-state index contributed by atoms with van der Waals surface area (Å²) in [5.74, 6) is 2.52. The van der Waals surface area contributed by atoms with Crippen LogP contribution in [0, 0.1) is 0 Å². The van der Waals surface area contributed by atoms with Crippen molar-refractivity contribution in [1.82, 2.24) is 20.2 Å². The summed E-state index contributed by atoms with van der Waals surface area (Å²) in [6, 6.07) is 23.7. The van der Waals surface area contributed by atoms with Crippen molar-refractivity contribution >= 4 is 0 Å². The predicted molar refractivity (Wildman–Crippen MR) is 159 cm³/mol. The molecule has 9 heteroatoms. The fraction of sp³-hybridized carbons (Fsp3) is 0.312. The molecule has 0 aliphatic carbocycles. The van der Waals surface area contributed by atoms with E-state index in [-0.39, 0.29) is 0 Å². The molecular formula is C32H39N5O4. The largest absolute Gasteiger partial charge is 0.493 e. The lowest BCUT2D eigenvalue weighted by Gasteiger charge is -2.25. The lowest BCUT2D eigenvalue weighted by Crippen LogP contribution is -2.34. The van der Waals surface area contributed by atoms with Crippen LogP contribution in [0.15, 0.2) is 85.2 Å². The number of ether oxygens (including phenoxy) is 4. The molecule has 0 fully saturated rings. The first-order valence-corrected chi connectivity index (χ1v) is 13.7. The Balaban J connectivity index is 1.58. The third kappa shape index (κ3) is 8.91. The second-order valence-electron chi connectivity index (χ2n) is 9.38. The van der Waals surface area contributed by atoms with Gasteiger partial charge in [0.25, 0.3) is 0 Å². The smallest absolute Gasteiger partial charge is 0.184 e. The van der Waals surface area contributed by atoms with Crippen molar-refractivity contribution in [3.63, 3.8) is 0 Å². The van der Waals surface area contributed by atoms with Crippen LogP contribution in [0.5, 0.6) is 23.0 Å². The average Bonchev–Trinajstić information content (AvgIpc) is 3.02. The minimum absolute atomic E-state index is 0.406. The molecule has 0 atom stereocenters. The van der Waals surface area contributed by atoms with E-state index >= 15 is 0 Å².